The number of aryl methyl sites for hydroxylation is 2. The average molecular weight is 250 g/mol. The van der Waals surface area contributed by atoms with Crippen molar-refractivity contribution in [3.63, 3.8) is 0 Å². The number of hydrogen-bond acceptors (Lipinski definition) is 3. The minimum Gasteiger partial charge on any atom is -0.334 e. The number of aromatic nitrogens is 2. The zero-order chi connectivity index (χ0) is 12.3. The van der Waals surface area contributed by atoms with Gasteiger partial charge in [-0.2, -0.15) is 16.4 Å². The Bertz CT molecular complexity index is 504. The molecule has 0 fully saturated rings. The summed E-state index contributed by atoms with van der Waals surface area (Å²) in [6.07, 6.45) is 0. The van der Waals surface area contributed by atoms with Gasteiger partial charge in [0.25, 0.3) is 0 Å². The molecule has 0 atom stereocenters. The minimum atomic E-state index is -0.223. The maximum atomic E-state index is 11.6. The molecule has 0 aromatic carbocycles. The van der Waals surface area contributed by atoms with Gasteiger partial charge in [0.15, 0.2) is 0 Å². The Labute approximate surface area is 103 Å². The largest absolute Gasteiger partial charge is 0.334 e. The van der Waals surface area contributed by atoms with Crippen LogP contribution in [-0.2, 0) is 13.6 Å². The first-order chi connectivity index (χ1) is 8.15. The Morgan fingerprint density at radius 1 is 1.59 bits per heavy atom. The smallest absolute Gasteiger partial charge is 0.320 e. The van der Waals surface area contributed by atoms with Crippen molar-refractivity contribution in [2.75, 3.05) is 5.32 Å². The molecular formula is C11H14N4OS. The van der Waals surface area contributed by atoms with Gasteiger partial charge in [0.1, 0.15) is 5.82 Å². The van der Waals surface area contributed by atoms with Crippen molar-refractivity contribution in [1.82, 2.24) is 15.1 Å². The van der Waals surface area contributed by atoms with Gasteiger partial charge in [-0.15, -0.1) is 0 Å². The molecule has 90 valence electrons. The highest BCUT2D eigenvalue weighted by molar-refractivity contribution is 7.07. The molecule has 2 heterocycles. The van der Waals surface area contributed by atoms with E-state index < -0.39 is 0 Å². The SMILES string of the molecule is Cc1cc(NC(=O)NCc2ccsc2)n(C)n1. The van der Waals surface area contributed by atoms with Crippen LogP contribution >= 0.6 is 11.3 Å². The highest BCUT2D eigenvalue weighted by Crippen LogP contribution is 2.08. The number of nitrogens with one attached hydrogen (secondary N) is 2. The first kappa shape index (κ1) is 11.7. The van der Waals surface area contributed by atoms with Crippen LogP contribution in [0.2, 0.25) is 0 Å². The first-order valence-electron chi connectivity index (χ1n) is 5.22. The normalized spacial score (nSPS) is 10.2. The summed E-state index contributed by atoms with van der Waals surface area (Å²) in [5.74, 6) is 0.685. The standard InChI is InChI=1S/C11H14N4OS/c1-8-5-10(15(2)14-8)13-11(16)12-6-9-3-4-17-7-9/h3-5,7H,6H2,1-2H3,(H2,12,13,16). The second kappa shape index (κ2) is 5.01. The molecule has 0 aliphatic heterocycles. The summed E-state index contributed by atoms with van der Waals surface area (Å²) in [4.78, 5) is 11.6. The number of thiophene rings is 1. The number of amides is 2. The molecule has 2 amide bonds. The van der Waals surface area contributed by atoms with E-state index in [2.05, 4.69) is 15.7 Å². The number of urea groups is 1. The lowest BCUT2D eigenvalue weighted by atomic mass is 10.3. The molecule has 2 N–H and O–H groups in total. The highest BCUT2D eigenvalue weighted by Gasteiger charge is 2.06. The van der Waals surface area contributed by atoms with Gasteiger partial charge in [-0.3, -0.25) is 10.00 Å². The molecule has 0 radical (unpaired) electrons. The van der Waals surface area contributed by atoms with Gasteiger partial charge in [0, 0.05) is 19.7 Å². The fourth-order valence-corrected chi connectivity index (χ4v) is 2.13. The molecule has 0 unspecified atom stereocenters. The van der Waals surface area contributed by atoms with E-state index in [9.17, 15) is 4.79 Å². The van der Waals surface area contributed by atoms with Crippen LogP contribution in [-0.4, -0.2) is 15.8 Å². The van der Waals surface area contributed by atoms with E-state index in [4.69, 9.17) is 0 Å². The third-order valence-electron chi connectivity index (χ3n) is 2.28. The summed E-state index contributed by atoms with van der Waals surface area (Å²) in [7, 11) is 1.79. The van der Waals surface area contributed by atoms with Gasteiger partial charge < -0.3 is 5.32 Å². The van der Waals surface area contributed by atoms with Crippen LogP contribution in [0.25, 0.3) is 0 Å². The van der Waals surface area contributed by atoms with Crippen LogP contribution in [0.1, 0.15) is 11.3 Å². The number of nitrogens with zero attached hydrogens (tertiary/aromatic N) is 2. The van der Waals surface area contributed by atoms with Crippen molar-refractivity contribution >= 4 is 23.2 Å². The lowest BCUT2D eigenvalue weighted by Gasteiger charge is -2.06. The maximum absolute atomic E-state index is 11.6. The molecule has 0 saturated heterocycles. The number of carbonyl (C=O) groups excluding carboxylic acids is 1. The Balaban J connectivity index is 1.87. The molecule has 0 aliphatic carbocycles. The number of anilines is 1. The van der Waals surface area contributed by atoms with Crippen LogP contribution in [0.3, 0.4) is 0 Å². The van der Waals surface area contributed by atoms with Gasteiger partial charge in [-0.25, -0.2) is 4.79 Å². The van der Waals surface area contributed by atoms with Crippen LogP contribution < -0.4 is 10.6 Å². The molecule has 17 heavy (non-hydrogen) atoms. The zero-order valence-corrected chi connectivity index (χ0v) is 10.5. The van der Waals surface area contributed by atoms with Gasteiger partial charge in [-0.05, 0) is 29.3 Å². The molecule has 0 saturated carbocycles. The molecule has 5 nitrogen and oxygen atoms in total. The summed E-state index contributed by atoms with van der Waals surface area (Å²) in [5.41, 5.74) is 1.98. The second-order valence-corrected chi connectivity index (χ2v) is 4.51. The highest BCUT2D eigenvalue weighted by atomic mass is 32.1. The molecule has 0 aliphatic rings. The van der Waals surface area contributed by atoms with Crippen molar-refractivity contribution < 1.29 is 4.79 Å². The average Bonchev–Trinajstić information content (AvgIpc) is 2.87. The summed E-state index contributed by atoms with van der Waals surface area (Å²) in [6.45, 7) is 2.42. The molecule has 2 aromatic heterocycles. The van der Waals surface area contributed by atoms with Gasteiger partial charge in [0.2, 0.25) is 0 Å². The van der Waals surface area contributed by atoms with Crippen molar-refractivity contribution in [3.8, 4) is 0 Å². The van der Waals surface area contributed by atoms with Crippen LogP contribution in [0, 0.1) is 6.92 Å². The predicted octanol–water partition coefficient (Wildman–Crippen LogP) is 2.11. The van der Waals surface area contributed by atoms with Crippen LogP contribution in [0.5, 0.6) is 0 Å². The molecule has 0 spiro atoms. The van der Waals surface area contributed by atoms with E-state index in [0.717, 1.165) is 11.3 Å². The van der Waals surface area contributed by atoms with Gasteiger partial charge in [-0.1, -0.05) is 0 Å². The molecule has 6 heteroatoms. The molecule has 2 rings (SSSR count). The maximum Gasteiger partial charge on any atom is 0.320 e. The third-order valence-corrected chi connectivity index (χ3v) is 3.01. The predicted molar refractivity (Wildman–Crippen MR) is 68.1 cm³/mol. The molecular weight excluding hydrogens is 236 g/mol. The van der Waals surface area contributed by atoms with Crippen molar-refractivity contribution in [3.05, 3.63) is 34.2 Å². The number of rotatable bonds is 3. The lowest BCUT2D eigenvalue weighted by molar-refractivity contribution is 0.251. The monoisotopic (exact) mass is 250 g/mol. The first-order valence-corrected chi connectivity index (χ1v) is 6.16. The Kier molecular flexibility index (Phi) is 3.43. The van der Waals surface area contributed by atoms with E-state index in [1.54, 1.807) is 23.1 Å². The summed E-state index contributed by atoms with van der Waals surface area (Å²) < 4.78 is 1.64. The third kappa shape index (κ3) is 3.07. The van der Waals surface area contributed by atoms with E-state index in [-0.39, 0.29) is 6.03 Å². The fourth-order valence-electron chi connectivity index (χ4n) is 1.46. The van der Waals surface area contributed by atoms with Crippen molar-refractivity contribution in [2.45, 2.75) is 13.5 Å². The fraction of sp³-hybridized carbons (Fsp3) is 0.273. The summed E-state index contributed by atoms with van der Waals surface area (Å²) in [6, 6.07) is 3.59. The topological polar surface area (TPSA) is 59.0 Å². The summed E-state index contributed by atoms with van der Waals surface area (Å²) >= 11 is 1.62. The molecule has 0 bridgehead atoms. The summed E-state index contributed by atoms with van der Waals surface area (Å²) in [5, 5.41) is 13.7. The number of carbonyl (C=O) groups is 1. The van der Waals surface area contributed by atoms with Gasteiger partial charge >= 0.3 is 6.03 Å². The van der Waals surface area contributed by atoms with Crippen LogP contribution in [0.4, 0.5) is 10.6 Å². The lowest BCUT2D eigenvalue weighted by Crippen LogP contribution is -2.28. The van der Waals surface area contributed by atoms with Gasteiger partial charge in [0.05, 0.1) is 5.69 Å². The van der Waals surface area contributed by atoms with Crippen LogP contribution in [0.15, 0.2) is 22.9 Å². The Hall–Kier alpha value is -1.82. The van der Waals surface area contributed by atoms with E-state index in [1.807, 2.05) is 29.8 Å². The number of hydrogen-bond donors (Lipinski definition) is 2. The van der Waals surface area contributed by atoms with E-state index in [1.165, 1.54) is 0 Å². The van der Waals surface area contributed by atoms with E-state index >= 15 is 0 Å². The van der Waals surface area contributed by atoms with E-state index in [0.29, 0.717) is 12.4 Å². The molecule has 2 aromatic rings. The minimum absolute atomic E-state index is 0.223. The second-order valence-electron chi connectivity index (χ2n) is 3.73. The quantitative estimate of drug-likeness (QED) is 0.876. The van der Waals surface area contributed by atoms with Crippen molar-refractivity contribution in [2.24, 2.45) is 7.05 Å². The Morgan fingerprint density at radius 2 is 2.41 bits per heavy atom. The van der Waals surface area contributed by atoms with Crippen molar-refractivity contribution in [1.29, 1.82) is 0 Å². The Morgan fingerprint density at radius 3 is 3.00 bits per heavy atom. The zero-order valence-electron chi connectivity index (χ0n) is 9.73.